The van der Waals surface area contributed by atoms with Crippen LogP contribution in [0.4, 0.5) is 0 Å². The van der Waals surface area contributed by atoms with Gasteiger partial charge in [-0.25, -0.2) is 0 Å². The predicted octanol–water partition coefficient (Wildman–Crippen LogP) is 2.35. The van der Waals surface area contributed by atoms with E-state index in [2.05, 4.69) is 5.32 Å². The van der Waals surface area contributed by atoms with Crippen LogP contribution in [0.3, 0.4) is 0 Å². The van der Waals surface area contributed by atoms with E-state index in [0.29, 0.717) is 26.1 Å². The molecule has 0 unspecified atom stereocenters. The van der Waals surface area contributed by atoms with Crippen molar-refractivity contribution in [3.63, 3.8) is 0 Å². The molecule has 0 aliphatic carbocycles. The van der Waals surface area contributed by atoms with Crippen LogP contribution in [0.2, 0.25) is 0 Å². The molecular weight excluding hydrogens is 292 g/mol. The van der Waals surface area contributed by atoms with E-state index in [1.165, 1.54) is 0 Å². The molecule has 1 aliphatic rings. The van der Waals surface area contributed by atoms with Crippen molar-refractivity contribution in [3.05, 3.63) is 29.8 Å². The van der Waals surface area contributed by atoms with Gasteiger partial charge in [0, 0.05) is 32.0 Å². The van der Waals surface area contributed by atoms with Crippen LogP contribution in [0.25, 0.3) is 0 Å². The summed E-state index contributed by atoms with van der Waals surface area (Å²) in [5.41, 5.74) is 1.05. The summed E-state index contributed by atoms with van der Waals surface area (Å²) in [6.07, 6.45) is 2.99. The average molecular weight is 318 g/mol. The molecule has 1 aliphatic heterocycles. The number of nitrogens with zero attached hydrogens (tertiary/aromatic N) is 1. The third-order valence-electron chi connectivity index (χ3n) is 4.31. The second kappa shape index (κ2) is 8.56. The van der Waals surface area contributed by atoms with Crippen LogP contribution in [-0.4, -0.2) is 36.9 Å². The lowest BCUT2D eigenvalue weighted by atomic mass is 9.95. The van der Waals surface area contributed by atoms with Crippen molar-refractivity contribution < 1.29 is 14.3 Å². The molecule has 1 saturated heterocycles. The number of carbonyl (C=O) groups excluding carboxylic acids is 2. The Bertz CT molecular complexity index is 520. The Hall–Kier alpha value is -2.04. The SMILES string of the molecule is CCCC(=O)N1CCC(C(=O)NCc2ccc(OC)cc2)CC1. The highest BCUT2D eigenvalue weighted by atomic mass is 16.5. The first kappa shape index (κ1) is 17.3. The topological polar surface area (TPSA) is 58.6 Å². The van der Waals surface area contributed by atoms with Crippen molar-refractivity contribution in [3.8, 4) is 5.75 Å². The van der Waals surface area contributed by atoms with Gasteiger partial charge in [0.2, 0.25) is 11.8 Å². The molecule has 0 saturated carbocycles. The van der Waals surface area contributed by atoms with Gasteiger partial charge in [-0.3, -0.25) is 9.59 Å². The van der Waals surface area contributed by atoms with Crippen molar-refractivity contribution in [2.24, 2.45) is 5.92 Å². The number of methoxy groups -OCH3 is 1. The Labute approximate surface area is 138 Å². The van der Waals surface area contributed by atoms with Crippen LogP contribution in [0.1, 0.15) is 38.2 Å². The van der Waals surface area contributed by atoms with Gasteiger partial charge in [-0.05, 0) is 37.0 Å². The van der Waals surface area contributed by atoms with Gasteiger partial charge in [0.05, 0.1) is 7.11 Å². The molecule has 1 fully saturated rings. The lowest BCUT2D eigenvalue weighted by molar-refractivity contribution is -0.135. The summed E-state index contributed by atoms with van der Waals surface area (Å²) in [7, 11) is 1.63. The molecule has 1 heterocycles. The molecule has 0 spiro atoms. The fourth-order valence-corrected chi connectivity index (χ4v) is 2.84. The molecule has 5 heteroatoms. The Morgan fingerprint density at radius 1 is 1.22 bits per heavy atom. The number of ether oxygens (including phenoxy) is 1. The Kier molecular flexibility index (Phi) is 6.44. The summed E-state index contributed by atoms with van der Waals surface area (Å²) in [4.78, 5) is 26.0. The standard InChI is InChI=1S/C18H26N2O3/c1-3-4-17(21)20-11-9-15(10-12-20)18(22)19-13-14-5-7-16(23-2)8-6-14/h5-8,15H,3-4,9-13H2,1-2H3,(H,19,22). The Morgan fingerprint density at radius 2 is 1.87 bits per heavy atom. The van der Waals surface area contributed by atoms with Crippen LogP contribution in [0, 0.1) is 5.92 Å². The molecule has 0 radical (unpaired) electrons. The molecule has 126 valence electrons. The maximum absolute atomic E-state index is 12.3. The monoisotopic (exact) mass is 318 g/mol. The van der Waals surface area contributed by atoms with Crippen LogP contribution in [0.15, 0.2) is 24.3 Å². The summed E-state index contributed by atoms with van der Waals surface area (Å²) >= 11 is 0. The highest BCUT2D eigenvalue weighted by molar-refractivity contribution is 5.80. The molecule has 0 bridgehead atoms. The van der Waals surface area contributed by atoms with Crippen molar-refractivity contribution in [1.29, 1.82) is 0 Å². The number of amides is 2. The van der Waals surface area contributed by atoms with Gasteiger partial charge in [-0.15, -0.1) is 0 Å². The summed E-state index contributed by atoms with van der Waals surface area (Å²) < 4.78 is 5.12. The van der Waals surface area contributed by atoms with Crippen LogP contribution in [0.5, 0.6) is 5.75 Å². The number of likely N-dealkylation sites (tertiary alicyclic amines) is 1. The molecule has 1 aromatic carbocycles. The summed E-state index contributed by atoms with van der Waals surface area (Å²) in [6, 6.07) is 7.68. The number of hydrogen-bond acceptors (Lipinski definition) is 3. The van der Waals surface area contributed by atoms with E-state index in [1.54, 1.807) is 7.11 Å². The molecule has 23 heavy (non-hydrogen) atoms. The number of carbonyl (C=O) groups is 2. The first-order valence-electron chi connectivity index (χ1n) is 8.32. The third-order valence-corrected chi connectivity index (χ3v) is 4.31. The number of benzene rings is 1. The van der Waals surface area contributed by atoms with Gasteiger partial charge in [0.25, 0.3) is 0 Å². The van der Waals surface area contributed by atoms with Gasteiger partial charge in [0.1, 0.15) is 5.75 Å². The number of rotatable bonds is 6. The zero-order valence-corrected chi connectivity index (χ0v) is 14.0. The van der Waals surface area contributed by atoms with Crippen LogP contribution < -0.4 is 10.1 Å². The summed E-state index contributed by atoms with van der Waals surface area (Å²) in [5, 5.41) is 2.99. The largest absolute Gasteiger partial charge is 0.497 e. The lowest BCUT2D eigenvalue weighted by Crippen LogP contribution is -2.42. The van der Waals surface area contributed by atoms with Gasteiger partial charge in [0.15, 0.2) is 0 Å². The highest BCUT2D eigenvalue weighted by Gasteiger charge is 2.26. The zero-order chi connectivity index (χ0) is 16.7. The molecule has 0 aromatic heterocycles. The van der Waals surface area contributed by atoms with E-state index in [-0.39, 0.29) is 17.7 Å². The number of nitrogens with one attached hydrogen (secondary N) is 1. The molecule has 0 atom stereocenters. The minimum Gasteiger partial charge on any atom is -0.497 e. The highest BCUT2D eigenvalue weighted by Crippen LogP contribution is 2.19. The summed E-state index contributed by atoms with van der Waals surface area (Å²) in [6.45, 7) is 3.92. The van der Waals surface area contributed by atoms with Gasteiger partial charge < -0.3 is 15.0 Å². The van der Waals surface area contributed by atoms with Gasteiger partial charge in [-0.2, -0.15) is 0 Å². The first-order valence-corrected chi connectivity index (χ1v) is 8.32. The van der Waals surface area contributed by atoms with E-state index in [9.17, 15) is 9.59 Å². The van der Waals surface area contributed by atoms with Gasteiger partial charge in [-0.1, -0.05) is 19.1 Å². The first-order chi connectivity index (χ1) is 11.1. The normalized spacial score (nSPS) is 15.3. The zero-order valence-electron chi connectivity index (χ0n) is 14.0. The molecule has 1 N–H and O–H groups in total. The molecular formula is C18H26N2O3. The number of hydrogen-bond donors (Lipinski definition) is 1. The molecule has 5 nitrogen and oxygen atoms in total. The van der Waals surface area contributed by atoms with Crippen LogP contribution in [-0.2, 0) is 16.1 Å². The smallest absolute Gasteiger partial charge is 0.223 e. The van der Waals surface area contributed by atoms with Crippen molar-refractivity contribution in [2.45, 2.75) is 39.2 Å². The van der Waals surface area contributed by atoms with E-state index in [4.69, 9.17) is 4.74 Å². The third kappa shape index (κ3) is 4.98. The van der Waals surface area contributed by atoms with Crippen molar-refractivity contribution in [2.75, 3.05) is 20.2 Å². The van der Waals surface area contributed by atoms with E-state index in [0.717, 1.165) is 30.6 Å². The Morgan fingerprint density at radius 3 is 2.43 bits per heavy atom. The minimum absolute atomic E-state index is 0.0129. The predicted molar refractivity (Wildman–Crippen MR) is 89.1 cm³/mol. The van der Waals surface area contributed by atoms with Crippen molar-refractivity contribution >= 4 is 11.8 Å². The minimum atomic E-state index is 0.0129. The fourth-order valence-electron chi connectivity index (χ4n) is 2.84. The average Bonchev–Trinajstić information content (AvgIpc) is 2.60. The van der Waals surface area contributed by atoms with E-state index < -0.39 is 0 Å². The second-order valence-electron chi connectivity index (χ2n) is 5.97. The number of piperidine rings is 1. The van der Waals surface area contributed by atoms with Crippen LogP contribution >= 0.6 is 0 Å². The lowest BCUT2D eigenvalue weighted by Gasteiger charge is -2.31. The van der Waals surface area contributed by atoms with Gasteiger partial charge >= 0.3 is 0 Å². The summed E-state index contributed by atoms with van der Waals surface area (Å²) in [5.74, 6) is 1.12. The molecule has 2 amide bonds. The maximum atomic E-state index is 12.3. The Balaban J connectivity index is 1.75. The fraction of sp³-hybridized carbons (Fsp3) is 0.556. The quantitative estimate of drug-likeness (QED) is 0.876. The van der Waals surface area contributed by atoms with Crippen molar-refractivity contribution in [1.82, 2.24) is 10.2 Å². The maximum Gasteiger partial charge on any atom is 0.223 e. The second-order valence-corrected chi connectivity index (χ2v) is 5.97. The van der Waals surface area contributed by atoms with E-state index in [1.807, 2.05) is 36.1 Å². The molecule has 1 aromatic rings. The molecule has 2 rings (SSSR count). The van der Waals surface area contributed by atoms with E-state index >= 15 is 0 Å².